The number of hydrogen-bond donors (Lipinski definition) is 1. The van der Waals surface area contributed by atoms with Crippen LogP contribution in [0.2, 0.25) is 5.02 Å². The molecule has 4 aromatic rings. The Labute approximate surface area is 195 Å². The molecule has 1 fully saturated rings. The van der Waals surface area contributed by atoms with E-state index in [0.29, 0.717) is 18.1 Å². The number of nitrogens with one attached hydrogen (secondary N) is 1. The topological polar surface area (TPSA) is 65.1 Å². The summed E-state index contributed by atoms with van der Waals surface area (Å²) in [5, 5.41) is 1.53. The smallest absolute Gasteiger partial charge is 0.253 e. The molecular weight excluding hydrogens is 442 g/mol. The summed E-state index contributed by atoms with van der Waals surface area (Å²) in [5.74, 6) is 1.76. The lowest BCUT2D eigenvalue weighted by molar-refractivity contribution is 0.0746. The van der Waals surface area contributed by atoms with Gasteiger partial charge in [-0.15, -0.1) is 0 Å². The Hall–Kier alpha value is -3.03. The minimum absolute atomic E-state index is 0.0743. The molecule has 1 saturated heterocycles. The van der Waals surface area contributed by atoms with Gasteiger partial charge in [-0.05, 0) is 42.0 Å². The van der Waals surface area contributed by atoms with Gasteiger partial charge in [0, 0.05) is 43.7 Å². The number of carbonyl (C=O) groups is 1. The first-order valence-corrected chi connectivity index (χ1v) is 11.8. The summed E-state index contributed by atoms with van der Waals surface area (Å²) in [7, 11) is 0. The molecule has 1 aliphatic rings. The Morgan fingerprint density at radius 2 is 1.78 bits per heavy atom. The number of fused-ring (bicyclic) bond motifs is 1. The van der Waals surface area contributed by atoms with Crippen molar-refractivity contribution >= 4 is 46.1 Å². The molecule has 0 bridgehead atoms. The second kappa shape index (κ2) is 9.22. The van der Waals surface area contributed by atoms with Gasteiger partial charge in [-0.2, -0.15) is 0 Å². The molecule has 162 valence electrons. The first-order chi connectivity index (χ1) is 15.7. The highest BCUT2D eigenvalue weighted by molar-refractivity contribution is 7.98. The Morgan fingerprint density at radius 1 is 1.00 bits per heavy atom. The lowest BCUT2D eigenvalue weighted by Gasteiger charge is -2.35. The second-order valence-corrected chi connectivity index (χ2v) is 9.06. The number of nitrogens with zero attached hydrogens (tertiary/aromatic N) is 4. The number of thioether (sulfide) groups is 1. The summed E-state index contributed by atoms with van der Waals surface area (Å²) in [4.78, 5) is 29.3. The number of anilines is 1. The van der Waals surface area contributed by atoms with Crippen molar-refractivity contribution < 1.29 is 4.79 Å². The fourth-order valence-electron chi connectivity index (χ4n) is 3.77. The van der Waals surface area contributed by atoms with E-state index in [0.717, 1.165) is 52.0 Å². The number of carbonyl (C=O) groups excluding carboxylic acids is 1. The van der Waals surface area contributed by atoms with Crippen LogP contribution in [0.3, 0.4) is 0 Å². The molecule has 0 aliphatic carbocycles. The van der Waals surface area contributed by atoms with Crippen molar-refractivity contribution in [2.24, 2.45) is 0 Å². The van der Waals surface area contributed by atoms with Crippen LogP contribution in [0.4, 0.5) is 5.82 Å². The molecule has 0 radical (unpaired) electrons. The predicted octanol–water partition coefficient (Wildman–Crippen LogP) is 4.87. The van der Waals surface area contributed by atoms with Gasteiger partial charge in [0.15, 0.2) is 5.16 Å². The van der Waals surface area contributed by atoms with E-state index in [1.165, 1.54) is 0 Å². The van der Waals surface area contributed by atoms with Crippen LogP contribution in [-0.2, 0) is 5.75 Å². The van der Waals surface area contributed by atoms with Gasteiger partial charge in [0.25, 0.3) is 5.91 Å². The zero-order valence-corrected chi connectivity index (χ0v) is 18.9. The molecule has 5 rings (SSSR count). The summed E-state index contributed by atoms with van der Waals surface area (Å²) >= 11 is 7.58. The molecule has 2 aromatic heterocycles. The molecule has 2 aromatic carbocycles. The number of imidazole rings is 1. The van der Waals surface area contributed by atoms with Gasteiger partial charge < -0.3 is 14.8 Å². The molecule has 0 atom stereocenters. The van der Waals surface area contributed by atoms with E-state index in [2.05, 4.69) is 19.9 Å². The highest BCUT2D eigenvalue weighted by Crippen LogP contribution is 2.23. The zero-order chi connectivity index (χ0) is 21.9. The summed E-state index contributed by atoms with van der Waals surface area (Å²) in [6, 6.07) is 19.7. The minimum atomic E-state index is 0.0743. The van der Waals surface area contributed by atoms with Crippen molar-refractivity contribution in [3.63, 3.8) is 0 Å². The van der Waals surface area contributed by atoms with E-state index in [9.17, 15) is 4.79 Å². The number of H-pyrrole nitrogens is 1. The zero-order valence-electron chi connectivity index (χ0n) is 17.4. The van der Waals surface area contributed by atoms with Crippen LogP contribution in [-0.4, -0.2) is 51.9 Å². The second-order valence-electron chi connectivity index (χ2n) is 7.66. The Kier molecular flexibility index (Phi) is 6.01. The molecule has 8 heteroatoms. The highest BCUT2D eigenvalue weighted by atomic mass is 35.5. The van der Waals surface area contributed by atoms with Gasteiger partial charge in [-0.25, -0.2) is 9.97 Å². The van der Waals surface area contributed by atoms with Crippen molar-refractivity contribution in [1.82, 2.24) is 19.9 Å². The first-order valence-electron chi connectivity index (χ1n) is 10.5. The molecule has 0 saturated carbocycles. The van der Waals surface area contributed by atoms with Gasteiger partial charge >= 0.3 is 0 Å². The number of benzene rings is 2. The summed E-state index contributed by atoms with van der Waals surface area (Å²) in [6.45, 7) is 2.86. The number of hydrogen-bond acceptors (Lipinski definition) is 5. The molecular formula is C24H22ClN5OS. The van der Waals surface area contributed by atoms with Gasteiger partial charge in [0.2, 0.25) is 0 Å². The summed E-state index contributed by atoms with van der Waals surface area (Å²) < 4.78 is 0. The monoisotopic (exact) mass is 463 g/mol. The molecule has 6 nitrogen and oxygen atoms in total. The van der Waals surface area contributed by atoms with E-state index in [1.54, 1.807) is 18.0 Å². The Bertz CT molecular complexity index is 1180. The maximum Gasteiger partial charge on any atom is 0.253 e. The summed E-state index contributed by atoms with van der Waals surface area (Å²) in [5.41, 5.74) is 3.90. The van der Waals surface area contributed by atoms with Gasteiger partial charge in [-0.3, -0.25) is 4.79 Å². The lowest BCUT2D eigenvalue weighted by Crippen LogP contribution is -2.49. The average Bonchev–Trinajstić information content (AvgIpc) is 3.26. The van der Waals surface area contributed by atoms with Crippen molar-refractivity contribution in [2.45, 2.75) is 10.9 Å². The van der Waals surface area contributed by atoms with E-state index < -0.39 is 0 Å². The van der Waals surface area contributed by atoms with Crippen molar-refractivity contribution in [1.29, 1.82) is 0 Å². The molecule has 32 heavy (non-hydrogen) atoms. The third-order valence-corrected chi connectivity index (χ3v) is 6.71. The lowest BCUT2D eigenvalue weighted by atomic mass is 10.1. The third kappa shape index (κ3) is 4.59. The molecule has 1 N–H and O–H groups in total. The fourth-order valence-corrected chi connectivity index (χ4v) is 4.72. The number of aromatic nitrogens is 3. The maximum atomic E-state index is 12.9. The van der Waals surface area contributed by atoms with Crippen LogP contribution >= 0.6 is 23.4 Å². The molecule has 3 heterocycles. The molecule has 1 aliphatic heterocycles. The number of para-hydroxylation sites is 2. The number of piperazine rings is 1. The van der Waals surface area contributed by atoms with E-state index >= 15 is 0 Å². The van der Waals surface area contributed by atoms with Crippen LogP contribution in [0.5, 0.6) is 0 Å². The van der Waals surface area contributed by atoms with Gasteiger partial charge in [0.1, 0.15) is 5.82 Å². The maximum absolute atomic E-state index is 12.9. The molecule has 0 spiro atoms. The van der Waals surface area contributed by atoms with Crippen LogP contribution in [0.25, 0.3) is 11.0 Å². The van der Waals surface area contributed by atoms with Crippen LogP contribution in [0, 0.1) is 0 Å². The number of halogens is 1. The number of rotatable bonds is 5. The molecule has 1 amide bonds. The third-order valence-electron chi connectivity index (χ3n) is 5.55. The van der Waals surface area contributed by atoms with Crippen molar-refractivity contribution in [2.75, 3.05) is 31.1 Å². The minimum Gasteiger partial charge on any atom is -0.353 e. The highest BCUT2D eigenvalue weighted by Gasteiger charge is 2.22. The fraction of sp³-hybridized carbons (Fsp3) is 0.208. The SMILES string of the molecule is O=C(c1ccc(CSc2nc3ccccc3[nH]2)cc1)N1CCN(c2ccc(Cl)cn2)CC1. The van der Waals surface area contributed by atoms with E-state index in [1.807, 2.05) is 65.6 Å². The van der Waals surface area contributed by atoms with Gasteiger partial charge in [-0.1, -0.05) is 47.6 Å². The quantitative estimate of drug-likeness (QED) is 0.428. The Balaban J connectivity index is 1.16. The summed E-state index contributed by atoms with van der Waals surface area (Å²) in [6.07, 6.45) is 1.66. The largest absolute Gasteiger partial charge is 0.353 e. The van der Waals surface area contributed by atoms with Crippen LogP contribution in [0.15, 0.2) is 72.0 Å². The normalized spacial score (nSPS) is 14.2. The number of aromatic amines is 1. The van der Waals surface area contributed by atoms with E-state index in [4.69, 9.17) is 11.6 Å². The number of amides is 1. The van der Waals surface area contributed by atoms with Crippen LogP contribution < -0.4 is 4.90 Å². The standard InChI is InChI=1S/C24H22ClN5OS/c25-19-9-10-22(26-15-19)29-11-13-30(14-12-29)23(31)18-7-5-17(6-8-18)16-32-24-27-20-3-1-2-4-21(20)28-24/h1-10,15H,11-14,16H2,(H,27,28). The van der Waals surface area contributed by atoms with E-state index in [-0.39, 0.29) is 5.91 Å². The van der Waals surface area contributed by atoms with Crippen molar-refractivity contribution in [3.8, 4) is 0 Å². The first kappa shape index (κ1) is 20.8. The average molecular weight is 464 g/mol. The number of pyridine rings is 1. The van der Waals surface area contributed by atoms with Crippen molar-refractivity contribution in [3.05, 3.63) is 83.0 Å². The predicted molar refractivity (Wildman–Crippen MR) is 129 cm³/mol. The van der Waals surface area contributed by atoms with Gasteiger partial charge in [0.05, 0.1) is 16.1 Å². The van der Waals surface area contributed by atoms with Crippen LogP contribution in [0.1, 0.15) is 15.9 Å². The Morgan fingerprint density at radius 3 is 2.50 bits per heavy atom. The molecule has 0 unspecified atom stereocenters.